The van der Waals surface area contributed by atoms with Crippen LogP contribution < -0.4 is 11.5 Å². The van der Waals surface area contributed by atoms with E-state index in [1.165, 1.54) is 12.1 Å². The molecule has 0 unspecified atom stereocenters. The van der Waals surface area contributed by atoms with E-state index >= 15 is 0 Å². The molecule has 69 valence electrons. The molecule has 0 aromatic heterocycles. The van der Waals surface area contributed by atoms with Crippen LogP contribution in [0.15, 0.2) is 24.3 Å². The molecule has 4 nitrogen and oxygen atoms in total. The third-order valence-electron chi connectivity index (χ3n) is 1.72. The molecule has 0 spiro atoms. The van der Waals surface area contributed by atoms with Gasteiger partial charge in [-0.15, -0.1) is 0 Å². The molecular formula is C9H11N2O2. The Morgan fingerprint density at radius 1 is 1.46 bits per heavy atom. The van der Waals surface area contributed by atoms with Crippen molar-refractivity contribution < 1.29 is 9.90 Å². The minimum absolute atomic E-state index is 0.171. The molecule has 0 heterocycles. The SMILES string of the molecule is [NH][C@@H](Cc1ccc(O)cc1)C(N)=O. The third kappa shape index (κ3) is 2.76. The fourth-order valence-electron chi connectivity index (χ4n) is 0.968. The predicted molar refractivity (Wildman–Crippen MR) is 47.9 cm³/mol. The van der Waals surface area contributed by atoms with E-state index in [2.05, 4.69) is 0 Å². The van der Waals surface area contributed by atoms with Gasteiger partial charge >= 0.3 is 0 Å². The predicted octanol–water partition coefficient (Wildman–Crippen LogP) is 0.0715. The Hall–Kier alpha value is -1.55. The van der Waals surface area contributed by atoms with E-state index in [1.807, 2.05) is 0 Å². The van der Waals surface area contributed by atoms with Crippen molar-refractivity contribution in [2.75, 3.05) is 0 Å². The fraction of sp³-hybridized carbons (Fsp3) is 0.222. The van der Waals surface area contributed by atoms with Gasteiger partial charge in [0, 0.05) is 0 Å². The first-order valence-corrected chi connectivity index (χ1v) is 3.88. The fourth-order valence-corrected chi connectivity index (χ4v) is 0.968. The monoisotopic (exact) mass is 179 g/mol. The second-order valence-corrected chi connectivity index (χ2v) is 2.83. The molecule has 0 aliphatic rings. The second kappa shape index (κ2) is 3.91. The summed E-state index contributed by atoms with van der Waals surface area (Å²) in [5, 5.41) is 8.96. The third-order valence-corrected chi connectivity index (χ3v) is 1.72. The highest BCUT2D eigenvalue weighted by atomic mass is 16.3. The molecule has 0 fully saturated rings. The molecule has 0 saturated carbocycles. The van der Waals surface area contributed by atoms with Crippen LogP contribution in [0.5, 0.6) is 5.75 Å². The quantitative estimate of drug-likeness (QED) is 0.687. The van der Waals surface area contributed by atoms with Crippen LogP contribution in [0.3, 0.4) is 0 Å². The largest absolute Gasteiger partial charge is 0.508 e. The maximum absolute atomic E-state index is 10.6. The Morgan fingerprint density at radius 3 is 2.46 bits per heavy atom. The van der Waals surface area contributed by atoms with Gasteiger partial charge in [0.2, 0.25) is 5.91 Å². The molecule has 1 amide bonds. The van der Waals surface area contributed by atoms with Crippen molar-refractivity contribution in [3.63, 3.8) is 0 Å². The molecule has 1 aromatic rings. The van der Waals surface area contributed by atoms with Crippen molar-refractivity contribution in [3.05, 3.63) is 29.8 Å². The topological polar surface area (TPSA) is 87.1 Å². The van der Waals surface area contributed by atoms with Gasteiger partial charge in [0.05, 0.1) is 0 Å². The van der Waals surface area contributed by atoms with Crippen molar-refractivity contribution in [1.82, 2.24) is 5.73 Å². The second-order valence-electron chi connectivity index (χ2n) is 2.83. The number of carbonyl (C=O) groups excluding carboxylic acids is 1. The van der Waals surface area contributed by atoms with Gasteiger partial charge in [-0.2, -0.15) is 0 Å². The van der Waals surface area contributed by atoms with Gasteiger partial charge in [-0.25, -0.2) is 5.73 Å². The van der Waals surface area contributed by atoms with Crippen LogP contribution in [0.2, 0.25) is 0 Å². The molecule has 0 saturated heterocycles. The molecule has 0 aliphatic carbocycles. The first-order chi connectivity index (χ1) is 6.09. The Morgan fingerprint density at radius 2 is 2.00 bits per heavy atom. The zero-order chi connectivity index (χ0) is 9.84. The number of rotatable bonds is 3. The van der Waals surface area contributed by atoms with Crippen LogP contribution in [0, 0.1) is 0 Å². The van der Waals surface area contributed by atoms with E-state index in [4.69, 9.17) is 16.6 Å². The van der Waals surface area contributed by atoms with E-state index < -0.39 is 11.9 Å². The Labute approximate surface area is 76.2 Å². The lowest BCUT2D eigenvalue weighted by Crippen LogP contribution is -2.31. The number of phenols is 1. The first kappa shape index (κ1) is 9.54. The molecule has 1 atom stereocenters. The molecule has 4 heteroatoms. The van der Waals surface area contributed by atoms with Gasteiger partial charge in [-0.1, -0.05) is 12.1 Å². The summed E-state index contributed by atoms with van der Waals surface area (Å²) in [5.41, 5.74) is 13.0. The van der Waals surface area contributed by atoms with Gasteiger partial charge in [0.25, 0.3) is 0 Å². The van der Waals surface area contributed by atoms with E-state index in [0.717, 1.165) is 5.56 Å². The average molecular weight is 179 g/mol. The van der Waals surface area contributed by atoms with Crippen LogP contribution in [0.1, 0.15) is 5.56 Å². The van der Waals surface area contributed by atoms with Gasteiger partial charge in [-0.3, -0.25) is 4.79 Å². The van der Waals surface area contributed by atoms with Crippen LogP contribution in [0.4, 0.5) is 0 Å². The summed E-state index contributed by atoms with van der Waals surface area (Å²) in [5.74, 6) is -0.461. The van der Waals surface area contributed by atoms with E-state index in [0.29, 0.717) is 0 Å². The zero-order valence-corrected chi connectivity index (χ0v) is 7.03. The van der Waals surface area contributed by atoms with Crippen molar-refractivity contribution >= 4 is 5.91 Å². The Bertz CT molecular complexity index is 295. The minimum atomic E-state index is -0.912. The van der Waals surface area contributed by atoms with Gasteiger partial charge in [-0.05, 0) is 24.1 Å². The molecule has 13 heavy (non-hydrogen) atoms. The molecule has 0 aliphatic heterocycles. The van der Waals surface area contributed by atoms with E-state index in [1.54, 1.807) is 12.1 Å². The molecule has 1 rings (SSSR count). The van der Waals surface area contributed by atoms with Crippen molar-refractivity contribution in [2.45, 2.75) is 12.5 Å². The van der Waals surface area contributed by atoms with Crippen LogP contribution in [-0.4, -0.2) is 17.1 Å². The summed E-state index contributed by atoms with van der Waals surface area (Å²) >= 11 is 0. The summed E-state index contributed by atoms with van der Waals surface area (Å²) in [7, 11) is 0. The zero-order valence-electron chi connectivity index (χ0n) is 7.03. The molecular weight excluding hydrogens is 168 g/mol. The van der Waals surface area contributed by atoms with E-state index in [9.17, 15) is 4.79 Å². The number of hydrogen-bond donors (Lipinski definition) is 2. The van der Waals surface area contributed by atoms with Gasteiger partial charge in [0.15, 0.2) is 0 Å². The lowest BCUT2D eigenvalue weighted by Gasteiger charge is -2.05. The summed E-state index contributed by atoms with van der Waals surface area (Å²) in [6, 6.07) is 5.45. The summed E-state index contributed by atoms with van der Waals surface area (Å²) in [6.45, 7) is 0. The Kier molecular flexibility index (Phi) is 2.87. The molecule has 1 radical (unpaired) electrons. The number of benzene rings is 1. The number of carbonyl (C=O) groups is 1. The van der Waals surface area contributed by atoms with E-state index in [-0.39, 0.29) is 12.2 Å². The molecule has 4 N–H and O–H groups in total. The van der Waals surface area contributed by atoms with Crippen molar-refractivity contribution in [3.8, 4) is 5.75 Å². The van der Waals surface area contributed by atoms with Gasteiger partial charge < -0.3 is 10.8 Å². The van der Waals surface area contributed by atoms with Gasteiger partial charge in [0.1, 0.15) is 11.8 Å². The number of hydrogen-bond acceptors (Lipinski definition) is 2. The normalized spacial score (nSPS) is 12.4. The standard InChI is InChI=1S/C9H11N2O2/c10-8(9(11)13)5-6-1-3-7(12)4-2-6/h1-4,8,10,12H,5H2,(H2,11,13)/t8-/m0/s1. The van der Waals surface area contributed by atoms with Crippen LogP contribution in [0.25, 0.3) is 0 Å². The van der Waals surface area contributed by atoms with Crippen LogP contribution in [-0.2, 0) is 11.2 Å². The van der Waals surface area contributed by atoms with Crippen LogP contribution >= 0.6 is 0 Å². The summed E-state index contributed by atoms with van der Waals surface area (Å²) in [6.07, 6.45) is 0.287. The summed E-state index contributed by atoms with van der Waals surface area (Å²) < 4.78 is 0. The number of aromatic hydroxyl groups is 1. The molecule has 0 bridgehead atoms. The number of phenolic OH excluding ortho intramolecular Hbond substituents is 1. The number of nitrogens with one attached hydrogen (secondary N) is 1. The highest BCUT2D eigenvalue weighted by molar-refractivity contribution is 5.79. The number of nitrogens with two attached hydrogens (primary N) is 1. The van der Waals surface area contributed by atoms with Crippen molar-refractivity contribution in [1.29, 1.82) is 0 Å². The first-order valence-electron chi connectivity index (χ1n) is 3.88. The summed E-state index contributed by atoms with van der Waals surface area (Å²) in [4.78, 5) is 10.6. The maximum Gasteiger partial charge on any atom is 0.236 e. The minimum Gasteiger partial charge on any atom is -0.508 e. The lowest BCUT2D eigenvalue weighted by atomic mass is 10.1. The maximum atomic E-state index is 10.6. The number of amides is 1. The lowest BCUT2D eigenvalue weighted by molar-refractivity contribution is -0.119. The number of primary amides is 1. The highest BCUT2D eigenvalue weighted by Crippen LogP contribution is 2.10. The van der Waals surface area contributed by atoms with Crippen molar-refractivity contribution in [2.24, 2.45) is 5.73 Å². The average Bonchev–Trinajstić information content (AvgIpc) is 2.08. The Balaban J connectivity index is 2.64. The highest BCUT2D eigenvalue weighted by Gasteiger charge is 2.10. The smallest absolute Gasteiger partial charge is 0.236 e. The molecule has 1 aromatic carbocycles.